The van der Waals surface area contributed by atoms with Crippen molar-refractivity contribution < 1.29 is 19.1 Å². The lowest BCUT2D eigenvalue weighted by Crippen LogP contribution is -2.50. The summed E-state index contributed by atoms with van der Waals surface area (Å²) in [6, 6.07) is 16.5. The maximum absolute atomic E-state index is 13.5. The molecule has 1 unspecified atom stereocenters. The van der Waals surface area contributed by atoms with Gasteiger partial charge in [0, 0.05) is 28.3 Å². The number of carbonyl (C=O) groups is 3. The molecule has 2 aliphatic heterocycles. The summed E-state index contributed by atoms with van der Waals surface area (Å²) in [5.41, 5.74) is 3.09. The zero-order valence-electron chi connectivity index (χ0n) is 22.6. The number of anilines is 1. The zero-order chi connectivity index (χ0) is 28.2. The molecule has 1 saturated carbocycles. The highest BCUT2D eigenvalue weighted by molar-refractivity contribution is 8.00. The number of thioether (sulfide) groups is 1. The van der Waals surface area contributed by atoms with Crippen molar-refractivity contribution in [1.82, 2.24) is 20.5 Å². The van der Waals surface area contributed by atoms with E-state index in [-0.39, 0.29) is 23.8 Å². The van der Waals surface area contributed by atoms with Crippen LogP contribution in [0.5, 0.6) is 0 Å². The van der Waals surface area contributed by atoms with Crippen LogP contribution in [0.4, 0.5) is 9.93 Å². The normalized spacial score (nSPS) is 20.9. The fraction of sp³-hybridized carbons (Fsp3) is 0.400. The SMILES string of the molecule is O=C(NC1CC1)c1ccc(-c2csc(NC(=O)C3CS[C@H](C4CCNCC4)N3C(=O)OCc3ccccc3)n2)cc1. The molecule has 3 heterocycles. The highest BCUT2D eigenvalue weighted by Gasteiger charge is 2.46. The number of piperidine rings is 1. The predicted molar refractivity (Wildman–Crippen MR) is 161 cm³/mol. The third kappa shape index (κ3) is 6.74. The summed E-state index contributed by atoms with van der Waals surface area (Å²) in [7, 11) is 0. The quantitative estimate of drug-likeness (QED) is 0.348. The van der Waals surface area contributed by atoms with Crippen LogP contribution in [0.3, 0.4) is 0 Å². The fourth-order valence-corrected chi connectivity index (χ4v) is 7.54. The number of hydrogen-bond acceptors (Lipinski definition) is 8. The number of hydrogen-bond donors (Lipinski definition) is 3. The van der Waals surface area contributed by atoms with Crippen LogP contribution in [0.15, 0.2) is 60.0 Å². The molecule has 0 radical (unpaired) electrons. The van der Waals surface area contributed by atoms with Gasteiger partial charge in [0.25, 0.3) is 5.91 Å². The van der Waals surface area contributed by atoms with Gasteiger partial charge in [0.2, 0.25) is 5.91 Å². The first-order chi connectivity index (χ1) is 20.0. The molecule has 1 aliphatic carbocycles. The van der Waals surface area contributed by atoms with Gasteiger partial charge in [0.1, 0.15) is 12.6 Å². The second-order valence-corrected chi connectivity index (χ2v) is 12.6. The molecule has 11 heteroatoms. The molecule has 1 aromatic heterocycles. The van der Waals surface area contributed by atoms with E-state index < -0.39 is 12.1 Å². The lowest BCUT2D eigenvalue weighted by Gasteiger charge is -2.34. The van der Waals surface area contributed by atoms with Gasteiger partial charge in [-0.25, -0.2) is 9.78 Å². The van der Waals surface area contributed by atoms with Crippen molar-refractivity contribution in [3.8, 4) is 11.3 Å². The number of nitrogens with zero attached hydrogens (tertiary/aromatic N) is 2. The van der Waals surface area contributed by atoms with Crippen molar-refractivity contribution in [2.45, 2.75) is 49.7 Å². The van der Waals surface area contributed by atoms with Crippen LogP contribution in [0.25, 0.3) is 11.3 Å². The number of benzene rings is 2. The second-order valence-electron chi connectivity index (χ2n) is 10.6. The molecular weight excluding hydrogens is 558 g/mol. The van der Waals surface area contributed by atoms with E-state index in [1.807, 2.05) is 47.8 Å². The molecule has 2 saturated heterocycles. The monoisotopic (exact) mass is 591 g/mol. The minimum absolute atomic E-state index is 0.0608. The Labute approximate surface area is 247 Å². The van der Waals surface area contributed by atoms with E-state index in [1.165, 1.54) is 11.3 Å². The van der Waals surface area contributed by atoms with Crippen molar-refractivity contribution in [3.63, 3.8) is 0 Å². The topological polar surface area (TPSA) is 113 Å². The maximum Gasteiger partial charge on any atom is 0.411 e. The molecule has 41 heavy (non-hydrogen) atoms. The van der Waals surface area contributed by atoms with Crippen molar-refractivity contribution in [3.05, 3.63) is 71.1 Å². The number of aromatic nitrogens is 1. The van der Waals surface area contributed by atoms with Crippen LogP contribution in [0, 0.1) is 5.92 Å². The lowest BCUT2D eigenvalue weighted by molar-refractivity contribution is -0.120. The van der Waals surface area contributed by atoms with E-state index in [2.05, 4.69) is 20.9 Å². The average Bonchev–Trinajstić information content (AvgIpc) is 3.51. The Morgan fingerprint density at radius 3 is 2.49 bits per heavy atom. The fourth-order valence-electron chi connectivity index (χ4n) is 5.19. The Morgan fingerprint density at radius 2 is 1.76 bits per heavy atom. The van der Waals surface area contributed by atoms with Crippen molar-refractivity contribution in [1.29, 1.82) is 0 Å². The van der Waals surface area contributed by atoms with Gasteiger partial charge in [-0.05, 0) is 62.4 Å². The molecule has 2 aromatic carbocycles. The molecule has 3 fully saturated rings. The zero-order valence-corrected chi connectivity index (χ0v) is 24.2. The Bertz CT molecular complexity index is 1370. The highest BCUT2D eigenvalue weighted by atomic mass is 32.2. The first-order valence-electron chi connectivity index (χ1n) is 14.0. The number of thiazole rings is 1. The van der Waals surface area contributed by atoms with E-state index in [4.69, 9.17) is 4.74 Å². The van der Waals surface area contributed by atoms with E-state index in [0.29, 0.717) is 34.1 Å². The van der Waals surface area contributed by atoms with Crippen molar-refractivity contribution in [2.24, 2.45) is 5.92 Å². The minimum atomic E-state index is -0.653. The van der Waals surface area contributed by atoms with Crippen LogP contribution in [-0.4, -0.2) is 64.1 Å². The minimum Gasteiger partial charge on any atom is -0.445 e. The number of ether oxygens (including phenoxy) is 1. The summed E-state index contributed by atoms with van der Waals surface area (Å²) in [5.74, 6) is 0.473. The molecule has 6 rings (SSSR count). The van der Waals surface area contributed by atoms with Crippen LogP contribution < -0.4 is 16.0 Å². The van der Waals surface area contributed by atoms with Crippen LogP contribution in [0.2, 0.25) is 0 Å². The lowest BCUT2D eigenvalue weighted by atomic mass is 9.96. The van der Waals surface area contributed by atoms with Crippen LogP contribution >= 0.6 is 23.1 Å². The highest BCUT2D eigenvalue weighted by Crippen LogP contribution is 2.39. The maximum atomic E-state index is 13.5. The first kappa shape index (κ1) is 27.7. The molecule has 0 bridgehead atoms. The number of carbonyl (C=O) groups excluding carboxylic acids is 3. The van der Waals surface area contributed by atoms with Gasteiger partial charge in [-0.2, -0.15) is 0 Å². The van der Waals surface area contributed by atoms with E-state index in [1.54, 1.807) is 28.8 Å². The largest absolute Gasteiger partial charge is 0.445 e. The summed E-state index contributed by atoms with van der Waals surface area (Å²) in [6.45, 7) is 1.96. The smallest absolute Gasteiger partial charge is 0.411 e. The van der Waals surface area contributed by atoms with Gasteiger partial charge >= 0.3 is 6.09 Å². The van der Waals surface area contributed by atoms with Gasteiger partial charge in [-0.3, -0.25) is 14.5 Å². The summed E-state index contributed by atoms with van der Waals surface area (Å²) in [4.78, 5) is 45.5. The Morgan fingerprint density at radius 1 is 1.00 bits per heavy atom. The van der Waals surface area contributed by atoms with Gasteiger partial charge in [0.05, 0.1) is 11.1 Å². The molecule has 2 atom stereocenters. The van der Waals surface area contributed by atoms with Crippen LogP contribution in [-0.2, 0) is 16.1 Å². The molecule has 3 amide bonds. The Balaban J connectivity index is 1.12. The number of nitrogens with one attached hydrogen (secondary N) is 3. The first-order valence-corrected chi connectivity index (χ1v) is 16.0. The van der Waals surface area contributed by atoms with E-state index in [0.717, 1.165) is 49.9 Å². The van der Waals surface area contributed by atoms with Crippen LogP contribution in [0.1, 0.15) is 41.6 Å². The van der Waals surface area contributed by atoms with E-state index >= 15 is 0 Å². The third-order valence-electron chi connectivity index (χ3n) is 7.63. The van der Waals surface area contributed by atoms with Gasteiger partial charge in [-0.1, -0.05) is 42.5 Å². The third-order valence-corrected chi connectivity index (χ3v) is 9.85. The van der Waals surface area contributed by atoms with Crippen molar-refractivity contribution >= 4 is 46.1 Å². The summed E-state index contributed by atoms with van der Waals surface area (Å²) in [5, 5.41) is 11.5. The van der Waals surface area contributed by atoms with Gasteiger partial charge in [-0.15, -0.1) is 23.1 Å². The predicted octanol–water partition coefficient (Wildman–Crippen LogP) is 4.72. The molecule has 3 aromatic rings. The molecular formula is C30H33N5O4S2. The standard InChI is InChI=1S/C30H33N5O4S2/c36-26(32-23-10-11-23)21-8-6-20(7-9-21)24-17-41-29(33-24)34-27(37)25-18-40-28(22-12-14-31-15-13-22)35(25)30(38)39-16-19-4-2-1-3-5-19/h1-9,17,22-23,25,28,31H,10-16,18H2,(H,32,36)(H,33,34,37)/t25?,28-/m1/s1. The summed E-state index contributed by atoms with van der Waals surface area (Å²) >= 11 is 2.99. The molecule has 214 valence electrons. The second kappa shape index (κ2) is 12.6. The number of rotatable bonds is 8. The summed E-state index contributed by atoms with van der Waals surface area (Å²) in [6.07, 6.45) is 3.52. The average molecular weight is 592 g/mol. The van der Waals surface area contributed by atoms with Gasteiger partial charge in [0.15, 0.2) is 5.13 Å². The summed E-state index contributed by atoms with van der Waals surface area (Å²) < 4.78 is 5.71. The Kier molecular flexibility index (Phi) is 8.54. The molecule has 0 spiro atoms. The van der Waals surface area contributed by atoms with E-state index in [9.17, 15) is 14.4 Å². The molecule has 3 aliphatic rings. The van der Waals surface area contributed by atoms with Gasteiger partial charge < -0.3 is 20.7 Å². The van der Waals surface area contributed by atoms with Crippen molar-refractivity contribution in [2.75, 3.05) is 24.2 Å². The molecule has 3 N–H and O–H groups in total. The molecule has 9 nitrogen and oxygen atoms in total. The number of amides is 3. The Hall–Kier alpha value is -3.41.